The summed E-state index contributed by atoms with van der Waals surface area (Å²) in [5.74, 6) is -0.439. The molecule has 0 radical (unpaired) electrons. The van der Waals surface area contributed by atoms with Crippen molar-refractivity contribution in [1.29, 1.82) is 0 Å². The Kier molecular flexibility index (Phi) is 12.6. The summed E-state index contributed by atoms with van der Waals surface area (Å²) < 4.78 is 3.57. The summed E-state index contributed by atoms with van der Waals surface area (Å²) in [5, 5.41) is 17.1. The molecule has 7 heterocycles. The predicted octanol–water partition coefficient (Wildman–Crippen LogP) is 6.90. The van der Waals surface area contributed by atoms with Crippen LogP contribution < -0.4 is 30.9 Å². The molecule has 17 heteroatoms. The number of fused-ring (bicyclic) bond motifs is 4. The van der Waals surface area contributed by atoms with Crippen LogP contribution in [0, 0.1) is 5.41 Å². The van der Waals surface area contributed by atoms with E-state index in [0.29, 0.717) is 70.0 Å². The van der Waals surface area contributed by atoms with E-state index in [1.165, 1.54) is 26.8 Å². The first-order valence-electron chi connectivity index (χ1n) is 26.0. The van der Waals surface area contributed by atoms with E-state index in [2.05, 4.69) is 62.2 Å². The fourth-order valence-electron chi connectivity index (χ4n) is 12.6. The van der Waals surface area contributed by atoms with E-state index in [-0.39, 0.29) is 52.5 Å². The van der Waals surface area contributed by atoms with Crippen LogP contribution in [-0.2, 0) is 37.8 Å². The van der Waals surface area contributed by atoms with Gasteiger partial charge in [-0.1, -0.05) is 39.7 Å². The van der Waals surface area contributed by atoms with Crippen molar-refractivity contribution in [2.24, 2.45) is 12.5 Å². The highest BCUT2D eigenvalue weighted by atomic mass is 16.3. The lowest BCUT2D eigenvalue weighted by Crippen LogP contribution is -2.57. The van der Waals surface area contributed by atoms with Gasteiger partial charge in [-0.3, -0.25) is 38.7 Å². The van der Waals surface area contributed by atoms with Crippen LogP contribution in [0.15, 0.2) is 78.4 Å². The van der Waals surface area contributed by atoms with Gasteiger partial charge in [0.2, 0.25) is 5.91 Å². The van der Waals surface area contributed by atoms with Crippen molar-refractivity contribution in [3.63, 3.8) is 0 Å². The lowest BCUT2D eigenvalue weighted by molar-refractivity contribution is -0.111. The summed E-state index contributed by atoms with van der Waals surface area (Å²) >= 11 is 0. The number of aromatic nitrogens is 4. The molecule has 2 aliphatic carbocycles. The Balaban J connectivity index is 0.772. The number of aryl methyl sites for hydroxylation is 1. The molecule has 73 heavy (non-hydrogen) atoms. The van der Waals surface area contributed by atoms with Crippen molar-refractivity contribution >= 4 is 58.0 Å². The van der Waals surface area contributed by atoms with Gasteiger partial charge in [0.25, 0.3) is 23.3 Å². The van der Waals surface area contributed by atoms with Gasteiger partial charge in [0.05, 0.1) is 34.8 Å². The number of imide groups is 1. The molecule has 4 amide bonds. The van der Waals surface area contributed by atoms with Gasteiger partial charge < -0.3 is 34.7 Å². The van der Waals surface area contributed by atoms with E-state index in [1.54, 1.807) is 36.5 Å². The number of carbonyl (C=O) groups excluding carboxylic acids is 4. The van der Waals surface area contributed by atoms with E-state index in [0.717, 1.165) is 102 Å². The van der Waals surface area contributed by atoms with E-state index in [9.17, 15) is 29.1 Å². The summed E-state index contributed by atoms with van der Waals surface area (Å²) in [6, 6.07) is 15.6. The van der Waals surface area contributed by atoms with Crippen molar-refractivity contribution in [2.45, 2.75) is 110 Å². The van der Waals surface area contributed by atoms with Crippen molar-refractivity contribution in [3.8, 4) is 11.3 Å². The second-order valence-electron chi connectivity index (χ2n) is 21.6. The van der Waals surface area contributed by atoms with Gasteiger partial charge in [0.1, 0.15) is 11.5 Å². The van der Waals surface area contributed by atoms with Crippen LogP contribution in [0.4, 0.5) is 34.4 Å². The van der Waals surface area contributed by atoms with Gasteiger partial charge in [-0.05, 0) is 111 Å². The number of pyridine rings is 1. The molecule has 4 aliphatic heterocycles. The van der Waals surface area contributed by atoms with Gasteiger partial charge >= 0.3 is 0 Å². The quantitative estimate of drug-likeness (QED) is 0.0922. The number of hydrogen-bond acceptors (Lipinski definition) is 12. The number of piperidine rings is 1. The first-order chi connectivity index (χ1) is 35.2. The molecule has 1 atom stereocenters. The minimum Gasteiger partial charge on any atom is -0.392 e. The molecule has 3 N–H and O–H groups in total. The van der Waals surface area contributed by atoms with Gasteiger partial charge in [-0.25, -0.2) is 9.97 Å². The predicted molar refractivity (Wildman–Crippen MR) is 282 cm³/mol. The SMILES string of the molecule is C=CC(=O)Nc1cc(Nc2nc(-c3ccnc(N4CCn5c(cc6c5CC(C)(C)C6)C4=O)c3CO)cn(C)c2=O)ccc1N1CCN(C2CCN(c3ccc4c(c3)C(=O)N(C3CCCCC3)C4=O)CC2)C[C@@H]1C. The maximum absolute atomic E-state index is 14.1. The Morgan fingerprint density at radius 2 is 1.63 bits per heavy atom. The van der Waals surface area contributed by atoms with Gasteiger partial charge in [-0.2, -0.15) is 0 Å². The first-order valence-corrected chi connectivity index (χ1v) is 26.0. The number of nitrogens with zero attached hydrogens (tertiary/aromatic N) is 9. The molecule has 0 unspecified atom stereocenters. The van der Waals surface area contributed by atoms with Crippen molar-refractivity contribution in [3.05, 3.63) is 118 Å². The van der Waals surface area contributed by atoms with Crippen LogP contribution in [0.2, 0.25) is 0 Å². The second kappa shape index (κ2) is 19.1. The number of carbonyl (C=O) groups is 4. The molecular weight excluding hydrogens is 923 g/mol. The summed E-state index contributed by atoms with van der Waals surface area (Å²) in [5.41, 5.74) is 8.18. The maximum Gasteiger partial charge on any atom is 0.293 e. The number of nitrogens with one attached hydrogen (secondary N) is 2. The third kappa shape index (κ3) is 8.79. The number of amides is 4. The summed E-state index contributed by atoms with van der Waals surface area (Å²) in [6.07, 6.45) is 13.3. The van der Waals surface area contributed by atoms with Gasteiger partial charge in [0.15, 0.2) is 5.82 Å². The highest BCUT2D eigenvalue weighted by molar-refractivity contribution is 6.22. The Bertz CT molecular complexity index is 3130. The first kappa shape index (κ1) is 48.2. The monoisotopic (exact) mass is 988 g/mol. The molecule has 17 nitrogen and oxygen atoms in total. The van der Waals surface area contributed by atoms with Gasteiger partial charge in [-0.15, -0.1) is 0 Å². The molecule has 2 saturated heterocycles. The number of benzene rings is 2. The van der Waals surface area contributed by atoms with E-state index in [1.807, 2.05) is 36.4 Å². The third-order valence-corrected chi connectivity index (χ3v) is 16.3. The molecule has 1 saturated carbocycles. The van der Waals surface area contributed by atoms with E-state index < -0.39 is 6.61 Å². The topological polar surface area (TPSA) is 181 Å². The zero-order valence-corrected chi connectivity index (χ0v) is 42.3. The Hall–Kier alpha value is -7.11. The van der Waals surface area contributed by atoms with Crippen molar-refractivity contribution in [2.75, 3.05) is 64.6 Å². The van der Waals surface area contributed by atoms with Crippen molar-refractivity contribution < 1.29 is 24.3 Å². The summed E-state index contributed by atoms with van der Waals surface area (Å²) in [4.78, 5) is 87.4. The fourth-order valence-corrected chi connectivity index (χ4v) is 12.6. The minimum atomic E-state index is -0.412. The molecular formula is C56H65N11O6. The molecule has 380 valence electrons. The third-order valence-electron chi connectivity index (χ3n) is 16.3. The maximum atomic E-state index is 14.1. The molecule has 3 aromatic heterocycles. The second-order valence-corrected chi connectivity index (χ2v) is 21.6. The Morgan fingerprint density at radius 1 is 0.849 bits per heavy atom. The largest absolute Gasteiger partial charge is 0.392 e. The highest BCUT2D eigenvalue weighted by Crippen LogP contribution is 2.41. The minimum absolute atomic E-state index is 0.00250. The van der Waals surface area contributed by atoms with Crippen LogP contribution in [0.25, 0.3) is 11.3 Å². The lowest BCUT2D eigenvalue weighted by atomic mass is 9.90. The van der Waals surface area contributed by atoms with Crippen LogP contribution >= 0.6 is 0 Å². The lowest BCUT2D eigenvalue weighted by Gasteiger charge is -2.47. The molecule has 5 aromatic rings. The van der Waals surface area contributed by atoms with E-state index >= 15 is 0 Å². The van der Waals surface area contributed by atoms with Crippen LogP contribution in [0.3, 0.4) is 0 Å². The average molecular weight is 988 g/mol. The molecule has 0 spiro atoms. The molecule has 6 aliphatic rings. The van der Waals surface area contributed by atoms with Gasteiger partial charge in [0, 0.05) is 112 Å². The molecule has 2 aromatic carbocycles. The van der Waals surface area contributed by atoms with Crippen LogP contribution in [-0.4, -0.2) is 115 Å². The zero-order chi connectivity index (χ0) is 50.9. The summed E-state index contributed by atoms with van der Waals surface area (Å²) in [7, 11) is 1.64. The number of anilines is 6. The van der Waals surface area contributed by atoms with Crippen LogP contribution in [0.1, 0.15) is 114 Å². The summed E-state index contributed by atoms with van der Waals surface area (Å²) in [6.45, 7) is 15.1. The average Bonchev–Trinajstić information content (AvgIpc) is 3.98. The number of hydrogen-bond donors (Lipinski definition) is 3. The van der Waals surface area contributed by atoms with Crippen molar-refractivity contribution in [1.82, 2.24) is 28.9 Å². The fraction of sp³-hybridized carbons (Fsp3) is 0.446. The zero-order valence-electron chi connectivity index (χ0n) is 42.3. The van der Waals surface area contributed by atoms with Crippen LogP contribution in [0.5, 0.6) is 0 Å². The standard InChI is InChI=1S/C56H65N11O6/c1-6-49(69)59-44-27-36(58-50-55(73)61(5)32-45(60-50)40-16-19-57-51(43(40)33-68)66-25-24-65-47(54(66)72)26-35-29-56(3,4)30-48(35)65)12-15-46(44)64-23-22-63(31-34(64)2)37-17-20-62(21-18-37)39-13-14-41-42(28-39)53(71)67(52(41)70)38-10-8-7-9-11-38/h6,12-16,19,26-28,32,34,37-38,68H,1,7-11,17-18,20-25,29-31,33H2,2-5H3,(H,58,60)(H,59,69)/t34-/m0/s1. The highest BCUT2D eigenvalue weighted by Gasteiger charge is 2.42. The number of piperazine rings is 1. The molecule has 0 bridgehead atoms. The Morgan fingerprint density at radius 3 is 2.38 bits per heavy atom. The van der Waals surface area contributed by atoms with E-state index in [4.69, 9.17) is 4.98 Å². The number of rotatable bonds is 11. The smallest absolute Gasteiger partial charge is 0.293 e. The molecule has 3 fully saturated rings. The molecule has 11 rings (SSSR count). The normalized spacial score (nSPS) is 20.3. The Labute approximate surface area is 425 Å². The number of aliphatic hydroxyl groups excluding tert-OH is 1. The number of aliphatic hydroxyl groups is 1.